The summed E-state index contributed by atoms with van der Waals surface area (Å²) >= 11 is 1.97. The molecule has 0 spiro atoms. The van der Waals surface area contributed by atoms with Gasteiger partial charge >= 0.3 is 6.18 Å². The highest BCUT2D eigenvalue weighted by atomic mass is 127. The van der Waals surface area contributed by atoms with Crippen LogP contribution in [0.4, 0.5) is 13.2 Å². The first-order valence-electron chi connectivity index (χ1n) is 7.27. The maximum atomic E-state index is 13.3. The number of hydrogen-bond acceptors (Lipinski definition) is 4. The van der Waals surface area contributed by atoms with Crippen LogP contribution < -0.4 is 10.3 Å². The molecule has 0 radical (unpaired) electrons. The van der Waals surface area contributed by atoms with E-state index in [0.717, 1.165) is 6.21 Å². The molecule has 0 atom stereocenters. The van der Waals surface area contributed by atoms with Crippen LogP contribution in [0.25, 0.3) is 10.9 Å². The molecule has 0 aliphatic heterocycles. The van der Waals surface area contributed by atoms with E-state index in [4.69, 9.17) is 4.74 Å². The van der Waals surface area contributed by atoms with Gasteiger partial charge in [0.05, 0.1) is 24.2 Å². The van der Waals surface area contributed by atoms with Crippen molar-refractivity contribution < 1.29 is 17.9 Å². The van der Waals surface area contributed by atoms with Crippen molar-refractivity contribution in [3.63, 3.8) is 0 Å². The van der Waals surface area contributed by atoms with Gasteiger partial charge in [0.2, 0.25) is 5.82 Å². The largest absolute Gasteiger partial charge is 0.497 e. The van der Waals surface area contributed by atoms with Gasteiger partial charge in [-0.1, -0.05) is 0 Å². The highest BCUT2D eigenvalue weighted by Crippen LogP contribution is 2.28. The van der Waals surface area contributed by atoms with Crippen molar-refractivity contribution in [1.29, 1.82) is 0 Å². The molecule has 5 nitrogen and oxygen atoms in total. The molecule has 0 saturated heterocycles. The minimum Gasteiger partial charge on any atom is -0.497 e. The molecule has 0 fully saturated rings. The third-order valence-electron chi connectivity index (χ3n) is 3.50. The van der Waals surface area contributed by atoms with Crippen molar-refractivity contribution in [2.75, 3.05) is 7.11 Å². The molecule has 0 saturated carbocycles. The topological polar surface area (TPSA) is 56.5 Å². The summed E-state index contributed by atoms with van der Waals surface area (Å²) < 4.78 is 46.0. The summed E-state index contributed by atoms with van der Waals surface area (Å²) in [7, 11) is 1.50. The van der Waals surface area contributed by atoms with E-state index in [1.54, 1.807) is 30.3 Å². The second-order valence-electron chi connectivity index (χ2n) is 5.23. The van der Waals surface area contributed by atoms with E-state index >= 15 is 0 Å². The summed E-state index contributed by atoms with van der Waals surface area (Å²) in [6.07, 6.45) is -3.66. The van der Waals surface area contributed by atoms with Gasteiger partial charge in [-0.25, -0.2) is 4.98 Å². The zero-order chi connectivity index (χ0) is 18.9. The third kappa shape index (κ3) is 3.71. The molecule has 0 unspecified atom stereocenters. The van der Waals surface area contributed by atoms with Crippen LogP contribution in [0.3, 0.4) is 0 Å². The number of methoxy groups -OCH3 is 1. The lowest BCUT2D eigenvalue weighted by molar-refractivity contribution is -0.147. The highest BCUT2D eigenvalue weighted by Gasteiger charge is 2.37. The monoisotopic (exact) mass is 473 g/mol. The zero-order valence-corrected chi connectivity index (χ0v) is 15.4. The Morgan fingerprint density at radius 3 is 2.50 bits per heavy atom. The molecular formula is C17H11F3IN3O2. The van der Waals surface area contributed by atoms with E-state index in [2.05, 4.69) is 10.1 Å². The van der Waals surface area contributed by atoms with Gasteiger partial charge in [-0.15, -0.1) is 0 Å². The molecule has 3 rings (SSSR count). The lowest BCUT2D eigenvalue weighted by Crippen LogP contribution is -2.27. The average Bonchev–Trinajstić information content (AvgIpc) is 2.61. The van der Waals surface area contributed by atoms with Gasteiger partial charge < -0.3 is 4.74 Å². The normalized spacial score (nSPS) is 12.0. The lowest BCUT2D eigenvalue weighted by Gasteiger charge is -2.11. The molecule has 0 amide bonds. The standard InChI is InChI=1S/C17H11F3IN3O2/c1-26-12-5-2-10(3-6-12)9-22-24-15(25)13-8-11(21)4-7-14(13)23-16(24)17(18,19)20/h2-9H,1H3. The fourth-order valence-electron chi connectivity index (χ4n) is 2.25. The maximum Gasteiger partial charge on any atom is 0.451 e. The van der Waals surface area contributed by atoms with E-state index in [0.29, 0.717) is 14.9 Å². The van der Waals surface area contributed by atoms with Crippen LogP contribution in [-0.4, -0.2) is 23.0 Å². The Kier molecular flexibility index (Phi) is 4.99. The Balaban J connectivity index is 2.17. The second-order valence-corrected chi connectivity index (χ2v) is 6.47. The van der Waals surface area contributed by atoms with Gasteiger partial charge in [0.25, 0.3) is 5.56 Å². The highest BCUT2D eigenvalue weighted by molar-refractivity contribution is 14.1. The van der Waals surface area contributed by atoms with Gasteiger partial charge in [0.15, 0.2) is 0 Å². The fraction of sp³-hybridized carbons (Fsp3) is 0.118. The molecule has 134 valence electrons. The summed E-state index contributed by atoms with van der Waals surface area (Å²) in [5, 5.41) is 3.80. The van der Waals surface area contributed by atoms with Crippen molar-refractivity contribution in [1.82, 2.24) is 9.66 Å². The van der Waals surface area contributed by atoms with E-state index < -0.39 is 17.6 Å². The van der Waals surface area contributed by atoms with Gasteiger partial charge in [-0.3, -0.25) is 4.79 Å². The molecule has 0 aliphatic carbocycles. The molecule has 3 aromatic rings. The molecule has 1 aromatic heterocycles. The summed E-state index contributed by atoms with van der Waals surface area (Å²) in [6, 6.07) is 10.9. The Hall–Kier alpha value is -2.43. The molecule has 1 heterocycles. The van der Waals surface area contributed by atoms with Gasteiger partial charge in [0.1, 0.15) is 5.75 Å². The SMILES string of the molecule is COc1ccc(C=Nn2c(C(F)(F)F)nc3ccc(I)cc3c2=O)cc1. The van der Waals surface area contributed by atoms with Crippen LogP contribution in [0.2, 0.25) is 0 Å². The predicted octanol–water partition coefficient (Wildman–Crippen LogP) is 3.91. The first-order chi connectivity index (χ1) is 12.3. The molecule has 9 heteroatoms. The lowest BCUT2D eigenvalue weighted by atomic mass is 10.2. The molecule has 2 aromatic carbocycles. The fourth-order valence-corrected chi connectivity index (χ4v) is 2.74. The predicted molar refractivity (Wildman–Crippen MR) is 99.7 cm³/mol. The van der Waals surface area contributed by atoms with Gasteiger partial charge in [0, 0.05) is 3.57 Å². The van der Waals surface area contributed by atoms with Crippen LogP contribution in [0.5, 0.6) is 5.75 Å². The maximum absolute atomic E-state index is 13.3. The quantitative estimate of drug-likeness (QED) is 0.429. The van der Waals surface area contributed by atoms with Gasteiger partial charge in [-0.05, 0) is 70.6 Å². The number of aromatic nitrogens is 2. The Morgan fingerprint density at radius 1 is 1.19 bits per heavy atom. The summed E-state index contributed by atoms with van der Waals surface area (Å²) in [5.41, 5.74) is -0.405. The van der Waals surface area contributed by atoms with E-state index in [1.165, 1.54) is 19.2 Å². The van der Waals surface area contributed by atoms with E-state index in [1.807, 2.05) is 22.6 Å². The van der Waals surface area contributed by atoms with Gasteiger partial charge in [-0.2, -0.15) is 22.9 Å². The van der Waals surface area contributed by atoms with Crippen LogP contribution in [0, 0.1) is 3.57 Å². The number of benzene rings is 2. The molecular weight excluding hydrogens is 462 g/mol. The number of alkyl halides is 3. The molecule has 0 bridgehead atoms. The van der Waals surface area contributed by atoms with Crippen molar-refractivity contribution in [3.05, 3.63) is 67.8 Å². The van der Waals surface area contributed by atoms with E-state index in [9.17, 15) is 18.0 Å². The molecule has 26 heavy (non-hydrogen) atoms. The Bertz CT molecular complexity index is 1040. The van der Waals surface area contributed by atoms with Crippen LogP contribution in [0.15, 0.2) is 52.4 Å². The van der Waals surface area contributed by atoms with Crippen molar-refractivity contribution in [2.45, 2.75) is 6.18 Å². The molecule has 0 N–H and O–H groups in total. The minimum atomic E-state index is -4.83. The number of ether oxygens (including phenoxy) is 1. The second kappa shape index (κ2) is 7.06. The zero-order valence-electron chi connectivity index (χ0n) is 13.3. The van der Waals surface area contributed by atoms with Crippen molar-refractivity contribution in [3.8, 4) is 5.75 Å². The molecule has 0 aliphatic rings. The van der Waals surface area contributed by atoms with E-state index in [-0.39, 0.29) is 15.6 Å². The third-order valence-corrected chi connectivity index (χ3v) is 4.17. The number of halogens is 4. The Labute approximate surface area is 159 Å². The summed E-state index contributed by atoms with van der Waals surface area (Å²) in [6.45, 7) is 0. The average molecular weight is 473 g/mol. The van der Waals surface area contributed by atoms with Crippen molar-refractivity contribution in [2.24, 2.45) is 5.10 Å². The van der Waals surface area contributed by atoms with Crippen LogP contribution in [0.1, 0.15) is 11.4 Å². The first-order valence-corrected chi connectivity index (χ1v) is 8.35. The van der Waals surface area contributed by atoms with Crippen LogP contribution >= 0.6 is 22.6 Å². The van der Waals surface area contributed by atoms with Crippen LogP contribution in [-0.2, 0) is 6.18 Å². The number of fused-ring (bicyclic) bond motifs is 1. The number of nitrogens with zero attached hydrogens (tertiary/aromatic N) is 3. The minimum absolute atomic E-state index is 0.0290. The number of rotatable bonds is 3. The van der Waals surface area contributed by atoms with Crippen molar-refractivity contribution >= 4 is 39.7 Å². The number of hydrogen-bond donors (Lipinski definition) is 0. The summed E-state index contributed by atoms with van der Waals surface area (Å²) in [4.78, 5) is 16.1. The summed E-state index contributed by atoms with van der Waals surface area (Å²) in [5.74, 6) is -0.779. The Morgan fingerprint density at radius 2 is 1.88 bits per heavy atom. The smallest absolute Gasteiger partial charge is 0.451 e. The first kappa shape index (κ1) is 18.4.